The Hall–Kier alpha value is -1.80. The van der Waals surface area contributed by atoms with E-state index in [1.807, 2.05) is 4.90 Å². The minimum Gasteiger partial charge on any atom is -0.465 e. The summed E-state index contributed by atoms with van der Waals surface area (Å²) in [5, 5.41) is 9.61. The fourth-order valence-corrected chi connectivity index (χ4v) is 9.68. The van der Waals surface area contributed by atoms with E-state index in [1.54, 1.807) is 28.8 Å². The maximum Gasteiger partial charge on any atom is 0.311 e. The zero-order valence-corrected chi connectivity index (χ0v) is 25.1. The Balaban J connectivity index is 2.02. The standard InChI is InChI=1S/C30H48N2O5S/c1-9-11-12-19-37-26(36)22-21-24(34)31(17-13-18-33)23(30(21)15-14-29(22,8)38-30)25(35)32(16-10-2)28(6,7)20-27(3,4)5/h9-10,21-23,33H,1-2,11-20H2,3-8H3/t21-,22+,23?,29-,30?/m0/s1. The van der Waals surface area contributed by atoms with Gasteiger partial charge in [0.15, 0.2) is 0 Å². The van der Waals surface area contributed by atoms with E-state index in [1.165, 1.54) is 0 Å². The highest BCUT2D eigenvalue weighted by Gasteiger charge is 2.77. The fraction of sp³-hybridized carbons (Fsp3) is 0.767. The van der Waals surface area contributed by atoms with Crippen LogP contribution in [-0.2, 0) is 19.1 Å². The number of fused-ring (bicyclic) bond motifs is 1. The number of unbranched alkanes of at least 4 members (excludes halogenated alkanes) is 1. The number of hydrogen-bond donors (Lipinski definition) is 1. The van der Waals surface area contributed by atoms with Crippen molar-refractivity contribution in [1.82, 2.24) is 9.80 Å². The number of carbonyl (C=O) groups is 3. The number of hydrogen-bond acceptors (Lipinski definition) is 6. The number of amides is 2. The van der Waals surface area contributed by atoms with Gasteiger partial charge in [-0.15, -0.1) is 24.9 Å². The smallest absolute Gasteiger partial charge is 0.311 e. The lowest BCUT2D eigenvalue weighted by molar-refractivity contribution is -0.155. The highest BCUT2D eigenvalue weighted by molar-refractivity contribution is 8.02. The number of likely N-dealkylation sites (tertiary alicyclic amines) is 1. The predicted octanol–water partition coefficient (Wildman–Crippen LogP) is 4.59. The summed E-state index contributed by atoms with van der Waals surface area (Å²) in [5.74, 6) is -1.79. The highest BCUT2D eigenvalue weighted by Crippen LogP contribution is 2.71. The van der Waals surface area contributed by atoms with Crippen LogP contribution >= 0.6 is 11.8 Å². The molecule has 3 rings (SSSR count). The van der Waals surface area contributed by atoms with Gasteiger partial charge in [-0.3, -0.25) is 14.4 Å². The number of ether oxygens (including phenoxy) is 1. The molecule has 7 nitrogen and oxygen atoms in total. The molecule has 3 heterocycles. The van der Waals surface area contributed by atoms with Gasteiger partial charge in [-0.1, -0.05) is 32.9 Å². The second-order valence-corrected chi connectivity index (χ2v) is 15.1. The van der Waals surface area contributed by atoms with Crippen LogP contribution in [0.4, 0.5) is 0 Å². The molecule has 214 valence electrons. The minimum atomic E-state index is -0.698. The second-order valence-electron chi connectivity index (χ2n) is 13.2. The van der Waals surface area contributed by atoms with Crippen molar-refractivity contribution < 1.29 is 24.2 Å². The maximum absolute atomic E-state index is 14.6. The molecule has 3 saturated heterocycles. The number of allylic oxidation sites excluding steroid dienone is 1. The molecule has 8 heteroatoms. The third-order valence-corrected chi connectivity index (χ3v) is 10.4. The topological polar surface area (TPSA) is 87.1 Å². The Morgan fingerprint density at radius 2 is 1.87 bits per heavy atom. The molecule has 5 atom stereocenters. The highest BCUT2D eigenvalue weighted by atomic mass is 32.2. The van der Waals surface area contributed by atoms with Gasteiger partial charge in [0, 0.05) is 30.0 Å². The molecule has 0 aromatic rings. The Bertz CT molecular complexity index is 943. The van der Waals surface area contributed by atoms with Crippen molar-refractivity contribution in [1.29, 1.82) is 0 Å². The lowest BCUT2D eigenvalue weighted by Crippen LogP contribution is -2.60. The van der Waals surface area contributed by atoms with Crippen molar-refractivity contribution in [3.05, 3.63) is 25.3 Å². The van der Waals surface area contributed by atoms with Gasteiger partial charge in [-0.25, -0.2) is 0 Å². The van der Waals surface area contributed by atoms with Crippen LogP contribution in [-0.4, -0.2) is 80.1 Å². The summed E-state index contributed by atoms with van der Waals surface area (Å²) in [6.45, 7) is 21.2. The van der Waals surface area contributed by atoms with Crippen molar-refractivity contribution in [2.45, 2.75) is 101 Å². The van der Waals surface area contributed by atoms with Crippen LogP contribution in [0.15, 0.2) is 25.3 Å². The number of rotatable bonds is 13. The Morgan fingerprint density at radius 1 is 1.18 bits per heavy atom. The number of esters is 1. The van der Waals surface area contributed by atoms with Crippen LogP contribution in [0.1, 0.15) is 80.1 Å². The molecule has 3 fully saturated rings. The zero-order valence-electron chi connectivity index (χ0n) is 24.3. The van der Waals surface area contributed by atoms with E-state index in [9.17, 15) is 19.5 Å². The minimum absolute atomic E-state index is 0.0133. The van der Waals surface area contributed by atoms with Crippen LogP contribution in [0.2, 0.25) is 0 Å². The molecule has 0 aliphatic carbocycles. The molecular weight excluding hydrogens is 500 g/mol. The Morgan fingerprint density at radius 3 is 2.45 bits per heavy atom. The number of aliphatic hydroxyl groups excluding tert-OH is 1. The summed E-state index contributed by atoms with van der Waals surface area (Å²) in [4.78, 5) is 45.7. The van der Waals surface area contributed by atoms with E-state index >= 15 is 0 Å². The number of aliphatic hydroxyl groups is 1. The molecule has 2 unspecified atom stereocenters. The molecule has 3 aliphatic rings. The number of carbonyl (C=O) groups excluding carboxylic acids is 3. The van der Waals surface area contributed by atoms with E-state index < -0.39 is 32.9 Å². The summed E-state index contributed by atoms with van der Waals surface area (Å²) < 4.78 is 4.54. The molecule has 2 bridgehead atoms. The molecule has 0 saturated carbocycles. The first-order valence-electron chi connectivity index (χ1n) is 14.0. The fourth-order valence-electron chi connectivity index (χ4n) is 7.34. The Labute approximate surface area is 233 Å². The van der Waals surface area contributed by atoms with Crippen molar-refractivity contribution >= 4 is 29.5 Å². The van der Waals surface area contributed by atoms with Crippen molar-refractivity contribution in [2.24, 2.45) is 17.3 Å². The predicted molar refractivity (Wildman–Crippen MR) is 153 cm³/mol. The van der Waals surface area contributed by atoms with E-state index in [-0.39, 0.29) is 36.4 Å². The van der Waals surface area contributed by atoms with E-state index in [0.29, 0.717) is 32.4 Å². The lowest BCUT2D eigenvalue weighted by atomic mass is 9.66. The number of thioether (sulfide) groups is 1. The summed E-state index contributed by atoms with van der Waals surface area (Å²) in [5.41, 5.74) is -0.487. The quantitative estimate of drug-likeness (QED) is 0.206. The van der Waals surface area contributed by atoms with Crippen molar-refractivity contribution in [3.63, 3.8) is 0 Å². The normalized spacial score (nSPS) is 30.3. The van der Waals surface area contributed by atoms with Gasteiger partial charge in [0.2, 0.25) is 11.8 Å². The van der Waals surface area contributed by atoms with Crippen LogP contribution in [0.5, 0.6) is 0 Å². The average Bonchev–Trinajstić information content (AvgIpc) is 3.37. The monoisotopic (exact) mass is 548 g/mol. The maximum atomic E-state index is 14.6. The van der Waals surface area contributed by atoms with Crippen molar-refractivity contribution in [3.8, 4) is 0 Å². The molecule has 1 spiro atoms. The second kappa shape index (κ2) is 11.4. The Kier molecular flexibility index (Phi) is 9.19. The summed E-state index contributed by atoms with van der Waals surface area (Å²) in [6, 6.07) is -0.698. The van der Waals surface area contributed by atoms with Gasteiger partial charge in [0.1, 0.15) is 6.04 Å². The molecule has 0 radical (unpaired) electrons. The first-order valence-corrected chi connectivity index (χ1v) is 14.8. The van der Waals surface area contributed by atoms with Crippen LogP contribution in [0.25, 0.3) is 0 Å². The number of nitrogens with zero attached hydrogens (tertiary/aromatic N) is 2. The molecule has 38 heavy (non-hydrogen) atoms. The van der Waals surface area contributed by atoms with Gasteiger partial charge >= 0.3 is 5.97 Å². The van der Waals surface area contributed by atoms with Gasteiger partial charge in [0.05, 0.1) is 23.2 Å². The summed E-state index contributed by atoms with van der Waals surface area (Å²) in [6.07, 6.45) is 7.59. The van der Waals surface area contributed by atoms with Gasteiger partial charge in [-0.05, 0) is 64.7 Å². The molecule has 3 aliphatic heterocycles. The molecule has 0 aromatic carbocycles. The molecule has 2 amide bonds. The largest absolute Gasteiger partial charge is 0.465 e. The van der Waals surface area contributed by atoms with Gasteiger partial charge in [-0.2, -0.15) is 0 Å². The SMILES string of the molecule is C=CCCCOC(=O)[C@H]1[C@H]2C(=O)N(CCCO)C(C(=O)N(CC=C)C(C)(C)CC(C)(C)C)C23CC[C@]1(C)S3. The van der Waals surface area contributed by atoms with Crippen LogP contribution in [0, 0.1) is 17.3 Å². The average molecular weight is 549 g/mol. The van der Waals surface area contributed by atoms with Gasteiger partial charge in [0.25, 0.3) is 0 Å². The van der Waals surface area contributed by atoms with Gasteiger partial charge < -0.3 is 19.6 Å². The summed E-state index contributed by atoms with van der Waals surface area (Å²) in [7, 11) is 0. The first-order chi connectivity index (χ1) is 17.7. The van der Waals surface area contributed by atoms with E-state index in [2.05, 4.69) is 54.7 Å². The van der Waals surface area contributed by atoms with E-state index in [4.69, 9.17) is 4.74 Å². The first kappa shape index (κ1) is 30.7. The van der Waals surface area contributed by atoms with Crippen LogP contribution in [0.3, 0.4) is 0 Å². The summed E-state index contributed by atoms with van der Waals surface area (Å²) >= 11 is 1.65. The lowest BCUT2D eigenvalue weighted by Gasteiger charge is -2.46. The molecule has 1 N–H and O–H groups in total. The van der Waals surface area contributed by atoms with E-state index in [0.717, 1.165) is 19.3 Å². The molecule has 0 aromatic heterocycles. The van der Waals surface area contributed by atoms with Crippen LogP contribution < -0.4 is 0 Å². The third kappa shape index (κ3) is 5.58. The zero-order chi connectivity index (χ0) is 28.5. The third-order valence-electron chi connectivity index (χ3n) is 8.39. The molecular formula is C30H48N2O5S. The van der Waals surface area contributed by atoms with Crippen molar-refractivity contribution in [2.75, 3.05) is 26.3 Å².